The van der Waals surface area contributed by atoms with Crippen LogP contribution in [0.25, 0.3) is 0 Å². The molecule has 2 fully saturated rings. The number of hydrogen-bond donors (Lipinski definition) is 1. The zero-order valence-corrected chi connectivity index (χ0v) is 15.9. The van der Waals surface area contributed by atoms with E-state index in [0.717, 1.165) is 12.8 Å². The highest BCUT2D eigenvalue weighted by Gasteiger charge is 2.36. The van der Waals surface area contributed by atoms with Crippen molar-refractivity contribution in [3.8, 4) is 0 Å². The van der Waals surface area contributed by atoms with Crippen molar-refractivity contribution in [3.05, 3.63) is 28.2 Å². The molecule has 2 atom stereocenters. The molecule has 0 aromatic heterocycles. The number of nitrogens with one attached hydrogen (secondary N) is 1. The molecule has 2 heterocycles. The van der Waals surface area contributed by atoms with Gasteiger partial charge >= 0.3 is 6.03 Å². The van der Waals surface area contributed by atoms with E-state index in [9.17, 15) is 13.2 Å². The largest absolute Gasteiger partial charge is 0.376 e. The van der Waals surface area contributed by atoms with Crippen LogP contribution in [0.4, 0.5) is 10.5 Å². The lowest BCUT2D eigenvalue weighted by atomic mass is 10.2. The number of ether oxygens (including phenoxy) is 1. The number of carbonyl (C=O) groups is 1. The fourth-order valence-electron chi connectivity index (χ4n) is 3.20. The Morgan fingerprint density at radius 1 is 1.32 bits per heavy atom. The lowest BCUT2D eigenvalue weighted by molar-refractivity contribution is 0.0751. The molecular formula is C16H20Cl2N2O4S. The van der Waals surface area contributed by atoms with Crippen molar-refractivity contribution in [1.82, 2.24) is 4.90 Å². The monoisotopic (exact) mass is 406 g/mol. The van der Waals surface area contributed by atoms with E-state index in [4.69, 9.17) is 27.9 Å². The molecule has 3 rings (SSSR count). The molecule has 0 saturated carbocycles. The summed E-state index contributed by atoms with van der Waals surface area (Å²) >= 11 is 12.0. The Morgan fingerprint density at radius 2 is 2.12 bits per heavy atom. The summed E-state index contributed by atoms with van der Waals surface area (Å²) in [5, 5.41) is 3.57. The standard InChI is InChI=1S/C16H20Cl2N2O4S/c17-11-3-4-15(14(18)8-11)19-16(21)20(9-13-2-1-6-24-13)12-5-7-25(22,23)10-12/h3-4,8,12-13H,1-2,5-7,9-10H2,(H,19,21). The average Bonchev–Trinajstić information content (AvgIpc) is 3.16. The van der Waals surface area contributed by atoms with Gasteiger partial charge in [-0.15, -0.1) is 0 Å². The first-order chi connectivity index (χ1) is 11.8. The molecule has 0 spiro atoms. The highest BCUT2D eigenvalue weighted by molar-refractivity contribution is 7.91. The van der Waals surface area contributed by atoms with Crippen LogP contribution in [0.5, 0.6) is 0 Å². The third kappa shape index (κ3) is 4.78. The van der Waals surface area contributed by atoms with Crippen LogP contribution in [-0.4, -0.2) is 56.2 Å². The third-order valence-corrected chi connectivity index (χ3v) is 6.81. The summed E-state index contributed by atoms with van der Waals surface area (Å²) in [6, 6.07) is 4.08. The van der Waals surface area contributed by atoms with Crippen LogP contribution in [0.2, 0.25) is 10.0 Å². The fraction of sp³-hybridized carbons (Fsp3) is 0.562. The molecule has 2 amide bonds. The van der Waals surface area contributed by atoms with Crippen molar-refractivity contribution in [1.29, 1.82) is 0 Å². The summed E-state index contributed by atoms with van der Waals surface area (Å²) in [5.74, 6) is 0.0934. The van der Waals surface area contributed by atoms with E-state index in [1.807, 2.05) is 0 Å². The predicted octanol–water partition coefficient (Wildman–Crippen LogP) is 3.19. The van der Waals surface area contributed by atoms with Crippen LogP contribution >= 0.6 is 23.2 Å². The van der Waals surface area contributed by atoms with E-state index in [0.29, 0.717) is 35.3 Å². The maximum atomic E-state index is 12.8. The minimum absolute atomic E-state index is 0.0124. The van der Waals surface area contributed by atoms with Gasteiger partial charge in [-0.3, -0.25) is 0 Å². The summed E-state index contributed by atoms with van der Waals surface area (Å²) in [7, 11) is -3.10. The summed E-state index contributed by atoms with van der Waals surface area (Å²) in [5.41, 5.74) is 0.439. The van der Waals surface area contributed by atoms with Gasteiger partial charge in [0.25, 0.3) is 0 Å². The Kier molecular flexibility index (Phi) is 5.78. The van der Waals surface area contributed by atoms with Gasteiger partial charge in [0.1, 0.15) is 0 Å². The minimum Gasteiger partial charge on any atom is -0.376 e. The van der Waals surface area contributed by atoms with E-state index >= 15 is 0 Å². The number of carbonyl (C=O) groups excluding carboxylic acids is 1. The quantitative estimate of drug-likeness (QED) is 0.832. The molecule has 2 unspecified atom stereocenters. The molecule has 9 heteroatoms. The molecule has 138 valence electrons. The Labute approximate surface area is 157 Å². The molecule has 2 saturated heterocycles. The number of urea groups is 1. The SMILES string of the molecule is O=C(Nc1ccc(Cl)cc1Cl)N(CC1CCCO1)C1CCS(=O)(=O)C1. The van der Waals surface area contributed by atoms with Crippen molar-refractivity contribution in [2.75, 3.05) is 30.0 Å². The number of nitrogens with zero attached hydrogens (tertiary/aromatic N) is 1. The van der Waals surface area contributed by atoms with Crippen molar-refractivity contribution in [2.24, 2.45) is 0 Å². The maximum absolute atomic E-state index is 12.8. The highest BCUT2D eigenvalue weighted by Crippen LogP contribution is 2.27. The minimum atomic E-state index is -3.10. The number of amides is 2. The fourth-order valence-corrected chi connectivity index (χ4v) is 5.39. The number of anilines is 1. The van der Waals surface area contributed by atoms with Gasteiger partial charge < -0.3 is 15.0 Å². The summed E-state index contributed by atoms with van der Waals surface area (Å²) < 4.78 is 29.3. The second kappa shape index (κ2) is 7.70. The molecule has 2 aliphatic rings. The zero-order valence-electron chi connectivity index (χ0n) is 13.6. The first-order valence-corrected chi connectivity index (χ1v) is 10.8. The molecule has 0 radical (unpaired) electrons. The van der Waals surface area contributed by atoms with Gasteiger partial charge in [-0.1, -0.05) is 23.2 Å². The number of halogens is 2. The molecule has 1 aromatic carbocycles. The predicted molar refractivity (Wildman–Crippen MR) is 98.2 cm³/mol. The first-order valence-electron chi connectivity index (χ1n) is 8.19. The molecule has 1 aromatic rings. The normalized spacial score (nSPS) is 25.0. The second-order valence-electron chi connectivity index (χ2n) is 6.40. The Morgan fingerprint density at radius 3 is 2.72 bits per heavy atom. The van der Waals surface area contributed by atoms with Crippen molar-refractivity contribution in [2.45, 2.75) is 31.4 Å². The van der Waals surface area contributed by atoms with E-state index < -0.39 is 9.84 Å². The summed E-state index contributed by atoms with van der Waals surface area (Å²) in [6.45, 7) is 1.04. The number of rotatable bonds is 4. The van der Waals surface area contributed by atoms with Crippen LogP contribution in [0.15, 0.2) is 18.2 Å². The van der Waals surface area contributed by atoms with Gasteiger partial charge in [-0.05, 0) is 37.5 Å². The van der Waals surface area contributed by atoms with Gasteiger partial charge in [-0.25, -0.2) is 13.2 Å². The Bertz CT molecular complexity index is 751. The Hall–Kier alpha value is -1.02. The zero-order chi connectivity index (χ0) is 18.0. The van der Waals surface area contributed by atoms with E-state index in [-0.39, 0.29) is 29.7 Å². The van der Waals surface area contributed by atoms with Crippen LogP contribution in [0.3, 0.4) is 0 Å². The van der Waals surface area contributed by atoms with Crippen molar-refractivity contribution in [3.63, 3.8) is 0 Å². The second-order valence-corrected chi connectivity index (χ2v) is 9.47. The average molecular weight is 407 g/mol. The van der Waals surface area contributed by atoms with Crippen molar-refractivity contribution < 1.29 is 17.9 Å². The van der Waals surface area contributed by atoms with Crippen LogP contribution in [-0.2, 0) is 14.6 Å². The van der Waals surface area contributed by atoms with Crippen molar-refractivity contribution >= 4 is 44.8 Å². The molecule has 6 nitrogen and oxygen atoms in total. The topological polar surface area (TPSA) is 75.7 Å². The highest BCUT2D eigenvalue weighted by atomic mass is 35.5. The molecule has 1 N–H and O–H groups in total. The van der Waals surface area contributed by atoms with Gasteiger partial charge in [0.2, 0.25) is 0 Å². The smallest absolute Gasteiger partial charge is 0.322 e. The van der Waals surface area contributed by atoms with Gasteiger partial charge in [0.05, 0.1) is 28.3 Å². The lowest BCUT2D eigenvalue weighted by Gasteiger charge is -2.30. The van der Waals surface area contributed by atoms with Crippen LogP contribution in [0.1, 0.15) is 19.3 Å². The summed E-state index contributed by atoms with van der Waals surface area (Å²) in [4.78, 5) is 14.4. The number of sulfone groups is 1. The molecule has 2 aliphatic heterocycles. The van der Waals surface area contributed by atoms with E-state index in [1.165, 1.54) is 0 Å². The molecule has 0 bridgehead atoms. The maximum Gasteiger partial charge on any atom is 0.322 e. The molecule has 0 aliphatic carbocycles. The first kappa shape index (κ1) is 18.8. The van der Waals surface area contributed by atoms with Gasteiger partial charge in [0, 0.05) is 24.2 Å². The van der Waals surface area contributed by atoms with Gasteiger partial charge in [-0.2, -0.15) is 0 Å². The molecule has 25 heavy (non-hydrogen) atoms. The molecular weight excluding hydrogens is 387 g/mol. The van der Waals surface area contributed by atoms with Crippen LogP contribution < -0.4 is 5.32 Å². The lowest BCUT2D eigenvalue weighted by Crippen LogP contribution is -2.47. The third-order valence-electron chi connectivity index (χ3n) is 4.51. The van der Waals surface area contributed by atoms with Crippen LogP contribution in [0, 0.1) is 0 Å². The number of hydrogen-bond acceptors (Lipinski definition) is 4. The number of benzene rings is 1. The van der Waals surface area contributed by atoms with Gasteiger partial charge in [0.15, 0.2) is 9.84 Å². The Balaban J connectivity index is 1.76. The van der Waals surface area contributed by atoms with E-state index in [1.54, 1.807) is 23.1 Å². The summed E-state index contributed by atoms with van der Waals surface area (Å²) in [6.07, 6.45) is 2.20. The van der Waals surface area contributed by atoms with E-state index in [2.05, 4.69) is 5.32 Å².